The van der Waals surface area contributed by atoms with Crippen molar-refractivity contribution in [3.63, 3.8) is 0 Å². The maximum Gasteiger partial charge on any atom is 0.411 e. The van der Waals surface area contributed by atoms with Crippen molar-refractivity contribution in [2.45, 2.75) is 20.3 Å². The van der Waals surface area contributed by atoms with Crippen molar-refractivity contribution in [3.05, 3.63) is 53.1 Å². The highest BCUT2D eigenvalue weighted by Gasteiger charge is 2.14. The normalized spacial score (nSPS) is 10.4. The van der Waals surface area contributed by atoms with Gasteiger partial charge in [0.2, 0.25) is 0 Å². The number of rotatable bonds is 7. The Kier molecular flexibility index (Phi) is 7.95. The van der Waals surface area contributed by atoms with E-state index in [-0.39, 0.29) is 29.0 Å². The molecule has 0 unspecified atom stereocenters. The van der Waals surface area contributed by atoms with Gasteiger partial charge in [0.1, 0.15) is 0 Å². The van der Waals surface area contributed by atoms with Crippen molar-refractivity contribution >= 4 is 35.1 Å². The molecule has 3 amide bonds. The first kappa shape index (κ1) is 21.4. The van der Waals surface area contributed by atoms with Gasteiger partial charge in [0.25, 0.3) is 0 Å². The fourth-order valence-corrected chi connectivity index (χ4v) is 2.51. The molecule has 150 valence electrons. The maximum atomic E-state index is 12.1. The third-order valence-electron chi connectivity index (χ3n) is 3.65. The van der Waals surface area contributed by atoms with Gasteiger partial charge in [0.15, 0.2) is 5.75 Å². The molecule has 7 nitrogen and oxygen atoms in total. The molecule has 0 atom stereocenters. The Labute approximate surface area is 169 Å². The van der Waals surface area contributed by atoms with Gasteiger partial charge < -0.3 is 20.5 Å². The Morgan fingerprint density at radius 3 is 2.54 bits per heavy atom. The van der Waals surface area contributed by atoms with Crippen LogP contribution in [-0.4, -0.2) is 30.4 Å². The highest BCUT2D eigenvalue weighted by molar-refractivity contribution is 6.33. The molecule has 0 heterocycles. The molecule has 0 spiro atoms. The molecule has 8 heteroatoms. The number of benzene rings is 2. The summed E-state index contributed by atoms with van der Waals surface area (Å²) in [6, 6.07) is 12.1. The quantitative estimate of drug-likeness (QED) is 0.399. The van der Waals surface area contributed by atoms with E-state index in [1.807, 2.05) is 44.2 Å². The van der Waals surface area contributed by atoms with Gasteiger partial charge in [-0.3, -0.25) is 5.32 Å². The largest absolute Gasteiger partial charge is 0.504 e. The van der Waals surface area contributed by atoms with Crippen LogP contribution in [-0.2, 0) is 11.2 Å². The molecule has 4 N–H and O–H groups in total. The number of amides is 3. The number of anilines is 2. The summed E-state index contributed by atoms with van der Waals surface area (Å²) in [5.74, 6) is -0.131. The summed E-state index contributed by atoms with van der Waals surface area (Å²) in [6.45, 7) is 4.50. The molecule has 0 fully saturated rings. The van der Waals surface area contributed by atoms with Crippen LogP contribution in [0.15, 0.2) is 42.5 Å². The van der Waals surface area contributed by atoms with E-state index in [0.29, 0.717) is 18.7 Å². The van der Waals surface area contributed by atoms with E-state index in [2.05, 4.69) is 16.0 Å². The lowest BCUT2D eigenvalue weighted by Crippen LogP contribution is -2.30. The maximum absolute atomic E-state index is 12.1. The van der Waals surface area contributed by atoms with Gasteiger partial charge in [-0.05, 0) is 30.0 Å². The molecule has 0 aliphatic carbocycles. The van der Waals surface area contributed by atoms with Crippen molar-refractivity contribution in [1.29, 1.82) is 0 Å². The number of urea groups is 1. The number of ether oxygens (including phenoxy) is 1. The third kappa shape index (κ3) is 7.00. The van der Waals surface area contributed by atoms with Crippen LogP contribution in [0.4, 0.5) is 21.0 Å². The fourth-order valence-electron chi connectivity index (χ4n) is 2.30. The van der Waals surface area contributed by atoms with Crippen LogP contribution in [0, 0.1) is 5.92 Å². The summed E-state index contributed by atoms with van der Waals surface area (Å²) >= 11 is 5.98. The van der Waals surface area contributed by atoms with Crippen molar-refractivity contribution in [1.82, 2.24) is 5.32 Å². The van der Waals surface area contributed by atoms with Crippen molar-refractivity contribution in [2.24, 2.45) is 5.92 Å². The predicted molar refractivity (Wildman–Crippen MR) is 110 cm³/mol. The van der Waals surface area contributed by atoms with Crippen LogP contribution in [0.3, 0.4) is 0 Å². The molecule has 0 saturated heterocycles. The lowest BCUT2D eigenvalue weighted by Gasteiger charge is -2.13. The fraction of sp³-hybridized carbons (Fsp3) is 0.300. The van der Waals surface area contributed by atoms with Crippen molar-refractivity contribution in [3.8, 4) is 5.75 Å². The Morgan fingerprint density at radius 2 is 1.86 bits per heavy atom. The molecule has 0 radical (unpaired) electrons. The first-order valence-corrected chi connectivity index (χ1v) is 9.28. The smallest absolute Gasteiger partial charge is 0.411 e. The summed E-state index contributed by atoms with van der Waals surface area (Å²) in [6.07, 6.45) is -0.0245. The van der Waals surface area contributed by atoms with E-state index >= 15 is 0 Å². The molecule has 0 aliphatic rings. The van der Waals surface area contributed by atoms with E-state index in [1.54, 1.807) is 0 Å². The Morgan fingerprint density at radius 1 is 1.14 bits per heavy atom. The number of hydrogen-bond donors (Lipinski definition) is 4. The summed E-state index contributed by atoms with van der Waals surface area (Å²) in [5.41, 5.74) is 1.47. The highest BCUT2D eigenvalue weighted by atomic mass is 35.5. The first-order chi connectivity index (χ1) is 13.3. The van der Waals surface area contributed by atoms with Gasteiger partial charge in [0.05, 0.1) is 17.3 Å². The molecule has 2 aromatic carbocycles. The van der Waals surface area contributed by atoms with E-state index in [0.717, 1.165) is 5.56 Å². The molecular formula is C20H24ClN3O4. The SMILES string of the molecule is CC(C)COC(=O)Nc1cc(NC(=O)NCCc2ccccc2)cc(Cl)c1O. The van der Waals surface area contributed by atoms with Crippen LogP contribution >= 0.6 is 11.6 Å². The summed E-state index contributed by atoms with van der Waals surface area (Å²) in [5, 5.41) is 17.8. The van der Waals surface area contributed by atoms with Crippen molar-refractivity contribution in [2.75, 3.05) is 23.8 Å². The van der Waals surface area contributed by atoms with Gasteiger partial charge in [-0.1, -0.05) is 55.8 Å². The van der Waals surface area contributed by atoms with E-state index in [4.69, 9.17) is 16.3 Å². The number of carbonyl (C=O) groups is 2. The Bertz CT molecular complexity index is 813. The average Bonchev–Trinajstić information content (AvgIpc) is 2.65. The second kappa shape index (κ2) is 10.4. The van der Waals surface area contributed by atoms with Crippen molar-refractivity contribution < 1.29 is 19.4 Å². The first-order valence-electron chi connectivity index (χ1n) is 8.90. The van der Waals surface area contributed by atoms with Crippen LogP contribution in [0.5, 0.6) is 5.75 Å². The molecule has 28 heavy (non-hydrogen) atoms. The number of carbonyl (C=O) groups excluding carboxylic acids is 2. The molecule has 0 bridgehead atoms. The van der Waals surface area contributed by atoms with Crippen LogP contribution in [0.25, 0.3) is 0 Å². The Balaban J connectivity index is 1.92. The minimum atomic E-state index is -0.718. The number of hydrogen-bond acceptors (Lipinski definition) is 4. The zero-order chi connectivity index (χ0) is 20.5. The lowest BCUT2D eigenvalue weighted by molar-refractivity contribution is 0.147. The summed E-state index contributed by atoms with van der Waals surface area (Å²) in [7, 11) is 0. The third-order valence-corrected chi connectivity index (χ3v) is 3.94. The minimum Gasteiger partial charge on any atom is -0.504 e. The van der Waals surface area contributed by atoms with E-state index in [9.17, 15) is 14.7 Å². The van der Waals surface area contributed by atoms with Crippen LogP contribution in [0.2, 0.25) is 5.02 Å². The molecular weight excluding hydrogens is 382 g/mol. The topological polar surface area (TPSA) is 99.7 Å². The van der Waals surface area contributed by atoms with Gasteiger partial charge in [0, 0.05) is 12.2 Å². The zero-order valence-corrected chi connectivity index (χ0v) is 16.5. The van der Waals surface area contributed by atoms with Gasteiger partial charge in [-0.25, -0.2) is 9.59 Å². The van der Waals surface area contributed by atoms with Gasteiger partial charge in [-0.2, -0.15) is 0 Å². The van der Waals surface area contributed by atoms with Crippen LogP contribution < -0.4 is 16.0 Å². The minimum absolute atomic E-state index is 0.0127. The number of halogens is 1. The number of phenols is 1. The molecule has 2 aromatic rings. The summed E-state index contributed by atoms with van der Waals surface area (Å²) in [4.78, 5) is 23.9. The molecule has 0 aliphatic heterocycles. The number of phenolic OH excluding ortho intramolecular Hbond substituents is 1. The molecule has 0 saturated carbocycles. The predicted octanol–water partition coefficient (Wildman–Crippen LogP) is 4.61. The highest BCUT2D eigenvalue weighted by Crippen LogP contribution is 2.35. The zero-order valence-electron chi connectivity index (χ0n) is 15.8. The molecule has 0 aromatic heterocycles. The molecule has 2 rings (SSSR count). The van der Waals surface area contributed by atoms with Gasteiger partial charge >= 0.3 is 12.1 Å². The van der Waals surface area contributed by atoms with E-state index < -0.39 is 12.1 Å². The standard InChI is InChI=1S/C20H24ClN3O4/c1-13(2)12-28-20(27)24-17-11-15(10-16(21)18(17)25)23-19(26)22-9-8-14-6-4-3-5-7-14/h3-7,10-11,13,25H,8-9,12H2,1-2H3,(H,24,27)(H2,22,23,26). The lowest BCUT2D eigenvalue weighted by atomic mass is 10.1. The van der Waals surface area contributed by atoms with Crippen LogP contribution in [0.1, 0.15) is 19.4 Å². The number of nitrogens with one attached hydrogen (secondary N) is 3. The average molecular weight is 406 g/mol. The number of aromatic hydroxyl groups is 1. The monoisotopic (exact) mass is 405 g/mol. The second-order valence-electron chi connectivity index (χ2n) is 6.59. The van der Waals surface area contributed by atoms with Gasteiger partial charge in [-0.15, -0.1) is 0 Å². The Hall–Kier alpha value is -2.93. The van der Waals surface area contributed by atoms with E-state index in [1.165, 1.54) is 12.1 Å². The second-order valence-corrected chi connectivity index (χ2v) is 7.00. The summed E-state index contributed by atoms with van der Waals surface area (Å²) < 4.78 is 5.01.